The molecule has 0 aliphatic rings. The molecule has 0 saturated carbocycles. The van der Waals surface area contributed by atoms with Crippen LogP contribution in [0.15, 0.2) is 22.7 Å². The van der Waals surface area contributed by atoms with Gasteiger partial charge in [-0.05, 0) is 44.0 Å². The molecule has 0 fully saturated rings. The second-order valence-corrected chi connectivity index (χ2v) is 4.87. The van der Waals surface area contributed by atoms with Gasteiger partial charge in [0.05, 0.1) is 0 Å². The minimum absolute atomic E-state index is 0.198. The maximum absolute atomic E-state index is 5.92. The van der Waals surface area contributed by atoms with Gasteiger partial charge in [-0.2, -0.15) is 0 Å². The van der Waals surface area contributed by atoms with E-state index in [1.54, 1.807) is 0 Å². The topological polar surface area (TPSA) is 52.0 Å². The maximum Gasteiger partial charge on any atom is 0.0317 e. The van der Waals surface area contributed by atoms with Gasteiger partial charge in [0.2, 0.25) is 0 Å². The summed E-state index contributed by atoms with van der Waals surface area (Å²) in [5.74, 6) is 0. The number of rotatable bonds is 2. The zero-order chi connectivity index (χ0) is 10.1. The molecule has 1 aromatic rings. The first kappa shape index (κ1) is 10.5. The molecule has 0 amide bonds. The molecular weight excluding hydrogens is 228 g/mol. The van der Waals surface area contributed by atoms with Crippen molar-refractivity contribution in [1.29, 1.82) is 0 Å². The van der Waals surface area contributed by atoms with Gasteiger partial charge < -0.3 is 11.5 Å². The summed E-state index contributed by atoms with van der Waals surface area (Å²) in [6, 6.07) is 5.78. The van der Waals surface area contributed by atoms with Gasteiger partial charge in [-0.25, -0.2) is 0 Å². The highest BCUT2D eigenvalue weighted by atomic mass is 79.9. The van der Waals surface area contributed by atoms with Crippen LogP contribution < -0.4 is 11.5 Å². The van der Waals surface area contributed by atoms with Gasteiger partial charge in [0.25, 0.3) is 0 Å². The molecule has 13 heavy (non-hydrogen) atoms. The normalized spacial score (nSPS) is 11.7. The molecule has 72 valence electrons. The summed E-state index contributed by atoms with van der Waals surface area (Å²) in [4.78, 5) is 0. The molecule has 0 aliphatic heterocycles. The van der Waals surface area contributed by atoms with Gasteiger partial charge in [-0.3, -0.25) is 0 Å². The van der Waals surface area contributed by atoms with E-state index in [-0.39, 0.29) is 5.54 Å². The highest BCUT2D eigenvalue weighted by Crippen LogP contribution is 2.22. The number of nitrogens with two attached hydrogens (primary N) is 2. The van der Waals surface area contributed by atoms with Crippen LogP contribution in [0.4, 0.5) is 5.69 Å². The third kappa shape index (κ3) is 3.36. The maximum atomic E-state index is 5.92. The van der Waals surface area contributed by atoms with Gasteiger partial charge in [0.15, 0.2) is 0 Å². The van der Waals surface area contributed by atoms with Crippen molar-refractivity contribution >= 4 is 21.6 Å². The molecule has 0 spiro atoms. The molecule has 0 aliphatic carbocycles. The summed E-state index contributed by atoms with van der Waals surface area (Å²) >= 11 is 3.47. The largest absolute Gasteiger partial charge is 0.399 e. The van der Waals surface area contributed by atoms with E-state index in [9.17, 15) is 0 Å². The molecule has 0 saturated heterocycles. The van der Waals surface area contributed by atoms with Gasteiger partial charge in [0, 0.05) is 15.7 Å². The Hall–Kier alpha value is -0.540. The number of halogens is 1. The fourth-order valence-corrected chi connectivity index (χ4v) is 1.61. The lowest BCUT2D eigenvalue weighted by atomic mass is 9.96. The highest BCUT2D eigenvalue weighted by Gasteiger charge is 2.13. The number of hydrogen-bond donors (Lipinski definition) is 2. The third-order valence-electron chi connectivity index (χ3n) is 1.72. The average Bonchev–Trinajstić information content (AvgIpc) is 1.94. The molecular formula is C10H15BrN2. The minimum atomic E-state index is -0.198. The van der Waals surface area contributed by atoms with Crippen molar-refractivity contribution in [3.8, 4) is 0 Å². The molecule has 0 atom stereocenters. The van der Waals surface area contributed by atoms with Crippen LogP contribution >= 0.6 is 15.9 Å². The van der Waals surface area contributed by atoms with E-state index in [1.165, 1.54) is 0 Å². The molecule has 0 radical (unpaired) electrons. The lowest BCUT2D eigenvalue weighted by molar-refractivity contribution is 0.516. The molecule has 1 rings (SSSR count). The van der Waals surface area contributed by atoms with Gasteiger partial charge in [0.1, 0.15) is 0 Å². The van der Waals surface area contributed by atoms with Crippen molar-refractivity contribution in [2.45, 2.75) is 25.8 Å². The Balaban J connectivity index is 2.94. The van der Waals surface area contributed by atoms with Crippen LogP contribution in [-0.4, -0.2) is 5.54 Å². The average molecular weight is 243 g/mol. The van der Waals surface area contributed by atoms with Crippen molar-refractivity contribution in [2.75, 3.05) is 5.73 Å². The molecule has 3 heteroatoms. The number of nitrogen functional groups attached to an aromatic ring is 1. The Bertz CT molecular complexity index is 302. The van der Waals surface area contributed by atoms with Crippen molar-refractivity contribution in [3.63, 3.8) is 0 Å². The highest BCUT2D eigenvalue weighted by molar-refractivity contribution is 9.10. The summed E-state index contributed by atoms with van der Waals surface area (Å²) in [5, 5.41) is 0. The molecule has 0 unspecified atom stereocenters. The summed E-state index contributed by atoms with van der Waals surface area (Å²) < 4.78 is 1.07. The molecule has 0 bridgehead atoms. The first-order valence-electron chi connectivity index (χ1n) is 4.21. The van der Waals surface area contributed by atoms with Crippen LogP contribution in [-0.2, 0) is 6.42 Å². The SMILES string of the molecule is CC(C)(N)Cc1cc(N)ccc1Br. The first-order valence-corrected chi connectivity index (χ1v) is 5.00. The van der Waals surface area contributed by atoms with Crippen molar-refractivity contribution < 1.29 is 0 Å². The van der Waals surface area contributed by atoms with Crippen LogP contribution in [0.5, 0.6) is 0 Å². The summed E-state index contributed by atoms with van der Waals surface area (Å²) in [7, 11) is 0. The monoisotopic (exact) mass is 242 g/mol. The van der Waals surface area contributed by atoms with Crippen molar-refractivity contribution in [3.05, 3.63) is 28.2 Å². The number of benzene rings is 1. The van der Waals surface area contributed by atoms with Crippen LogP contribution in [0.3, 0.4) is 0 Å². The molecule has 4 N–H and O–H groups in total. The van der Waals surface area contributed by atoms with E-state index in [2.05, 4.69) is 15.9 Å². The fraction of sp³-hybridized carbons (Fsp3) is 0.400. The van der Waals surface area contributed by atoms with E-state index in [0.29, 0.717) is 0 Å². The van der Waals surface area contributed by atoms with Gasteiger partial charge in [-0.15, -0.1) is 0 Å². The zero-order valence-electron chi connectivity index (χ0n) is 7.97. The smallest absolute Gasteiger partial charge is 0.0317 e. The van der Waals surface area contributed by atoms with E-state index in [1.807, 2.05) is 32.0 Å². The standard InChI is InChI=1S/C10H15BrN2/c1-10(2,13)6-7-5-8(12)3-4-9(7)11/h3-5H,6,12-13H2,1-2H3. The van der Waals surface area contributed by atoms with E-state index < -0.39 is 0 Å². The zero-order valence-corrected chi connectivity index (χ0v) is 9.56. The molecule has 2 nitrogen and oxygen atoms in total. The predicted octanol–water partition coefficient (Wildman–Crippen LogP) is 2.31. The number of hydrogen-bond acceptors (Lipinski definition) is 2. The summed E-state index contributed by atoms with van der Waals surface area (Å²) in [5.41, 5.74) is 13.4. The lowest BCUT2D eigenvalue weighted by Gasteiger charge is -2.19. The Morgan fingerprint density at radius 2 is 2.00 bits per heavy atom. The minimum Gasteiger partial charge on any atom is -0.399 e. The van der Waals surface area contributed by atoms with E-state index >= 15 is 0 Å². The second-order valence-electron chi connectivity index (χ2n) is 4.02. The lowest BCUT2D eigenvalue weighted by Crippen LogP contribution is -2.34. The first-order chi connectivity index (χ1) is 5.88. The van der Waals surface area contributed by atoms with Crippen molar-refractivity contribution in [2.24, 2.45) is 5.73 Å². The number of anilines is 1. The van der Waals surface area contributed by atoms with Crippen LogP contribution in [0.25, 0.3) is 0 Å². The fourth-order valence-electron chi connectivity index (χ4n) is 1.22. The van der Waals surface area contributed by atoms with Gasteiger partial charge >= 0.3 is 0 Å². The van der Waals surface area contributed by atoms with Crippen LogP contribution in [0.1, 0.15) is 19.4 Å². The van der Waals surface area contributed by atoms with Crippen LogP contribution in [0.2, 0.25) is 0 Å². The Labute approximate surface area is 87.4 Å². The van der Waals surface area contributed by atoms with E-state index in [0.717, 1.165) is 22.1 Å². The molecule has 0 aromatic heterocycles. The quantitative estimate of drug-likeness (QED) is 0.783. The second kappa shape index (κ2) is 3.68. The van der Waals surface area contributed by atoms with E-state index in [4.69, 9.17) is 11.5 Å². The summed E-state index contributed by atoms with van der Waals surface area (Å²) in [6.45, 7) is 4.01. The molecule has 0 heterocycles. The van der Waals surface area contributed by atoms with Crippen molar-refractivity contribution in [1.82, 2.24) is 0 Å². The predicted molar refractivity (Wildman–Crippen MR) is 60.5 cm³/mol. The Morgan fingerprint density at radius 1 is 1.38 bits per heavy atom. The Kier molecular flexibility index (Phi) is 2.98. The summed E-state index contributed by atoms with van der Waals surface area (Å²) in [6.07, 6.45) is 0.818. The third-order valence-corrected chi connectivity index (χ3v) is 2.49. The van der Waals surface area contributed by atoms with Gasteiger partial charge in [-0.1, -0.05) is 15.9 Å². The van der Waals surface area contributed by atoms with Crippen LogP contribution in [0, 0.1) is 0 Å². The molecule has 1 aromatic carbocycles. The Morgan fingerprint density at radius 3 is 2.54 bits per heavy atom.